The Morgan fingerprint density at radius 1 is 0.458 bits per heavy atom. The molecule has 0 saturated carbocycles. The number of benzene rings is 3. The molecule has 4 N–H and O–H groups in total. The van der Waals surface area contributed by atoms with Crippen LogP contribution in [0.15, 0.2) is 72.8 Å². The fraction of sp³-hybridized carbons (Fsp3) is 0. The molecule has 0 unspecified atom stereocenters. The summed E-state index contributed by atoms with van der Waals surface area (Å²) in [7, 11) is 0. The van der Waals surface area contributed by atoms with E-state index in [1.54, 1.807) is 0 Å². The van der Waals surface area contributed by atoms with Crippen molar-refractivity contribution in [3.8, 4) is 23.7 Å². The molecular weight excluding hydrogens is 292 g/mol. The van der Waals surface area contributed by atoms with E-state index in [9.17, 15) is 0 Å². The van der Waals surface area contributed by atoms with Gasteiger partial charge in [-0.25, -0.2) is 0 Å². The maximum Gasteiger partial charge on any atom is 0.0719 e. The van der Waals surface area contributed by atoms with Crippen LogP contribution in [0.3, 0.4) is 0 Å². The van der Waals surface area contributed by atoms with E-state index in [2.05, 4.69) is 23.7 Å². The van der Waals surface area contributed by atoms with Crippen LogP contribution in [0.2, 0.25) is 0 Å². The molecule has 0 aliphatic heterocycles. The molecule has 0 fully saturated rings. The number of hydrogen-bond acceptors (Lipinski definition) is 2. The third kappa shape index (κ3) is 3.58. The van der Waals surface area contributed by atoms with Gasteiger partial charge >= 0.3 is 0 Å². The molecule has 3 aromatic rings. The summed E-state index contributed by atoms with van der Waals surface area (Å²) in [5.74, 6) is 12.3. The minimum absolute atomic E-state index is 0.471. The van der Waals surface area contributed by atoms with Crippen molar-refractivity contribution in [1.29, 1.82) is 0 Å². The van der Waals surface area contributed by atoms with Gasteiger partial charge in [-0.3, -0.25) is 0 Å². The fourth-order valence-corrected chi connectivity index (χ4v) is 2.18. The first-order valence-electron chi connectivity index (χ1n) is 7.56. The molecule has 0 heterocycles. The average Bonchev–Trinajstić information content (AvgIpc) is 2.64. The molecular formula is C22H16N2. The van der Waals surface area contributed by atoms with Gasteiger partial charge in [0, 0.05) is 11.1 Å². The summed E-state index contributed by atoms with van der Waals surface area (Å²) < 4.78 is 0. The summed E-state index contributed by atoms with van der Waals surface area (Å²) in [4.78, 5) is 0. The van der Waals surface area contributed by atoms with Crippen molar-refractivity contribution in [3.05, 3.63) is 95.1 Å². The topological polar surface area (TPSA) is 52.0 Å². The number of rotatable bonds is 0. The van der Waals surface area contributed by atoms with Gasteiger partial charge in [0.1, 0.15) is 0 Å². The van der Waals surface area contributed by atoms with E-state index in [1.165, 1.54) is 0 Å². The van der Waals surface area contributed by atoms with Crippen LogP contribution >= 0.6 is 0 Å². The SMILES string of the molecule is Nc1c(C#Cc2ccccc2)ccc(C#Cc2ccccc2)c1N. The second-order valence-corrected chi connectivity index (χ2v) is 5.22. The molecule has 0 amide bonds. The monoisotopic (exact) mass is 308 g/mol. The second-order valence-electron chi connectivity index (χ2n) is 5.22. The van der Waals surface area contributed by atoms with Crippen LogP contribution in [0, 0.1) is 23.7 Å². The predicted molar refractivity (Wildman–Crippen MR) is 100 cm³/mol. The quantitative estimate of drug-likeness (QED) is 0.492. The summed E-state index contributed by atoms with van der Waals surface area (Å²) >= 11 is 0. The molecule has 2 nitrogen and oxygen atoms in total. The Morgan fingerprint density at radius 2 is 0.833 bits per heavy atom. The molecule has 3 aromatic carbocycles. The van der Waals surface area contributed by atoms with Crippen LogP contribution in [0.5, 0.6) is 0 Å². The Hall–Kier alpha value is -3.62. The first kappa shape index (κ1) is 15.3. The van der Waals surface area contributed by atoms with Crippen LogP contribution < -0.4 is 11.5 Å². The summed E-state index contributed by atoms with van der Waals surface area (Å²) in [5.41, 5.74) is 16.5. The van der Waals surface area contributed by atoms with Crippen LogP contribution in [0.4, 0.5) is 11.4 Å². The minimum atomic E-state index is 0.471. The highest BCUT2D eigenvalue weighted by atomic mass is 14.7. The number of hydrogen-bond donors (Lipinski definition) is 2. The molecule has 3 rings (SSSR count). The smallest absolute Gasteiger partial charge is 0.0719 e. The first-order chi connectivity index (χ1) is 11.7. The Bertz CT molecular complexity index is 884. The van der Waals surface area contributed by atoms with Gasteiger partial charge in [0.05, 0.1) is 22.5 Å². The minimum Gasteiger partial charge on any atom is -0.396 e. The van der Waals surface area contributed by atoms with E-state index < -0.39 is 0 Å². The van der Waals surface area contributed by atoms with Crippen molar-refractivity contribution < 1.29 is 0 Å². The van der Waals surface area contributed by atoms with Crippen LogP contribution in [-0.2, 0) is 0 Å². The number of nitrogen functional groups attached to an aromatic ring is 2. The fourth-order valence-electron chi connectivity index (χ4n) is 2.18. The van der Waals surface area contributed by atoms with Crippen molar-refractivity contribution in [2.24, 2.45) is 0 Å². The summed E-state index contributed by atoms with van der Waals surface area (Å²) in [6.45, 7) is 0. The highest BCUT2D eigenvalue weighted by Gasteiger charge is 2.04. The third-order valence-electron chi connectivity index (χ3n) is 3.52. The van der Waals surface area contributed by atoms with Gasteiger partial charge in [-0.1, -0.05) is 60.1 Å². The van der Waals surface area contributed by atoms with E-state index in [0.29, 0.717) is 22.5 Å². The predicted octanol–water partition coefficient (Wildman–Crippen LogP) is 3.65. The van der Waals surface area contributed by atoms with Gasteiger partial charge in [0.2, 0.25) is 0 Å². The van der Waals surface area contributed by atoms with Crippen molar-refractivity contribution in [2.45, 2.75) is 0 Å². The van der Waals surface area contributed by atoms with E-state index in [-0.39, 0.29) is 0 Å². The van der Waals surface area contributed by atoms with E-state index in [4.69, 9.17) is 11.5 Å². The number of nitrogens with two attached hydrogens (primary N) is 2. The molecule has 0 bridgehead atoms. The Labute approximate surface area is 142 Å². The zero-order valence-corrected chi connectivity index (χ0v) is 13.1. The van der Waals surface area contributed by atoms with Gasteiger partial charge in [-0.2, -0.15) is 0 Å². The lowest BCUT2D eigenvalue weighted by atomic mass is 10.1. The molecule has 24 heavy (non-hydrogen) atoms. The molecule has 2 heteroatoms. The van der Waals surface area contributed by atoms with Crippen molar-refractivity contribution in [3.63, 3.8) is 0 Å². The lowest BCUT2D eigenvalue weighted by Gasteiger charge is -2.05. The molecule has 0 saturated heterocycles. The molecule has 0 spiro atoms. The maximum absolute atomic E-state index is 6.12. The van der Waals surface area contributed by atoms with Crippen molar-refractivity contribution in [1.82, 2.24) is 0 Å². The lowest BCUT2D eigenvalue weighted by molar-refractivity contribution is 1.57. The normalized spacial score (nSPS) is 9.33. The second kappa shape index (κ2) is 7.09. The molecule has 0 atom stereocenters. The van der Waals surface area contributed by atoms with Crippen molar-refractivity contribution in [2.75, 3.05) is 11.5 Å². The van der Waals surface area contributed by atoms with Gasteiger partial charge < -0.3 is 11.5 Å². The summed E-state index contributed by atoms with van der Waals surface area (Å²) in [6.07, 6.45) is 0. The van der Waals surface area contributed by atoms with E-state index in [1.807, 2.05) is 72.8 Å². The zero-order valence-electron chi connectivity index (χ0n) is 13.1. The molecule has 0 aliphatic rings. The van der Waals surface area contributed by atoms with E-state index >= 15 is 0 Å². The molecule has 114 valence electrons. The Balaban J connectivity index is 1.90. The number of anilines is 2. The van der Waals surface area contributed by atoms with Gasteiger partial charge in [-0.15, -0.1) is 0 Å². The van der Waals surface area contributed by atoms with Crippen molar-refractivity contribution >= 4 is 11.4 Å². The average molecular weight is 308 g/mol. The van der Waals surface area contributed by atoms with Crippen LogP contribution in [0.25, 0.3) is 0 Å². The Morgan fingerprint density at radius 3 is 1.21 bits per heavy atom. The first-order valence-corrected chi connectivity index (χ1v) is 7.56. The lowest BCUT2D eigenvalue weighted by Crippen LogP contribution is -2.00. The highest BCUT2D eigenvalue weighted by molar-refractivity contribution is 5.78. The molecule has 0 aromatic heterocycles. The Kier molecular flexibility index (Phi) is 4.52. The molecule has 0 aliphatic carbocycles. The zero-order chi connectivity index (χ0) is 16.8. The summed E-state index contributed by atoms with van der Waals surface area (Å²) in [5, 5.41) is 0. The van der Waals surface area contributed by atoms with Gasteiger partial charge in [-0.05, 0) is 36.4 Å². The third-order valence-corrected chi connectivity index (χ3v) is 3.52. The highest BCUT2D eigenvalue weighted by Crippen LogP contribution is 2.23. The standard InChI is InChI=1S/C22H16N2/c23-21-19(13-11-17-7-3-1-4-8-17)15-16-20(22(21)24)14-12-18-9-5-2-6-10-18/h1-10,15-16H,23-24H2. The summed E-state index contributed by atoms with van der Waals surface area (Å²) in [6, 6.07) is 23.2. The van der Waals surface area contributed by atoms with Gasteiger partial charge in [0.15, 0.2) is 0 Å². The largest absolute Gasteiger partial charge is 0.396 e. The molecule has 0 radical (unpaired) electrons. The van der Waals surface area contributed by atoms with Crippen LogP contribution in [0.1, 0.15) is 22.3 Å². The van der Waals surface area contributed by atoms with E-state index in [0.717, 1.165) is 11.1 Å². The van der Waals surface area contributed by atoms with Gasteiger partial charge in [0.25, 0.3) is 0 Å². The van der Waals surface area contributed by atoms with Crippen LogP contribution in [-0.4, -0.2) is 0 Å². The maximum atomic E-state index is 6.12.